The number of ketones is 1. The van der Waals surface area contributed by atoms with E-state index in [-0.39, 0.29) is 21.8 Å². The molecule has 0 amide bonds. The molecule has 0 saturated heterocycles. The molecule has 240 valence electrons. The highest BCUT2D eigenvalue weighted by Crippen LogP contribution is 2.46. The molecule has 0 fully saturated rings. The maximum absolute atomic E-state index is 12.8. The van der Waals surface area contributed by atoms with E-state index < -0.39 is 28.2 Å². The molecule has 1 aliphatic carbocycles. The van der Waals surface area contributed by atoms with Crippen molar-refractivity contribution in [3.63, 3.8) is 0 Å². The summed E-state index contributed by atoms with van der Waals surface area (Å²) < 4.78 is 13.8. The fourth-order valence-electron chi connectivity index (χ4n) is 6.13. The van der Waals surface area contributed by atoms with E-state index in [9.17, 15) is 9.90 Å². The zero-order valence-corrected chi connectivity index (χ0v) is 30.9. The Kier molecular flexibility index (Phi) is 11.5. The highest BCUT2D eigenvalue weighted by atomic mass is 28.4. The Labute approximate surface area is 269 Å². The van der Waals surface area contributed by atoms with Crippen molar-refractivity contribution in [2.24, 2.45) is 11.3 Å². The third-order valence-corrected chi connectivity index (χ3v) is 19.8. The fraction of sp³-hybridized carbons (Fsp3) is 0.526. The number of aliphatic hydroxyl groups excluding tert-OH is 1. The van der Waals surface area contributed by atoms with Gasteiger partial charge in [0.15, 0.2) is 14.1 Å². The molecular weight excluding hydrogens is 577 g/mol. The summed E-state index contributed by atoms with van der Waals surface area (Å²) in [5, 5.41) is 14.3. The van der Waals surface area contributed by atoms with Gasteiger partial charge in [-0.2, -0.15) is 0 Å². The number of benzene rings is 2. The molecule has 6 heteroatoms. The minimum Gasteiger partial charge on any atom is -0.416 e. The van der Waals surface area contributed by atoms with Gasteiger partial charge in [-0.05, 0) is 64.0 Å². The molecule has 3 atom stereocenters. The molecule has 0 unspecified atom stereocenters. The second-order valence-electron chi connectivity index (χ2n) is 15.4. The molecule has 0 bridgehead atoms. The van der Waals surface area contributed by atoms with E-state index in [0.717, 1.165) is 5.57 Å². The molecule has 0 aliphatic heterocycles. The van der Waals surface area contributed by atoms with E-state index in [1.54, 1.807) is 6.08 Å². The van der Waals surface area contributed by atoms with Crippen LogP contribution in [0.15, 0.2) is 90.2 Å². The van der Waals surface area contributed by atoms with E-state index in [0.29, 0.717) is 38.0 Å². The minimum atomic E-state index is -2.65. The van der Waals surface area contributed by atoms with Gasteiger partial charge in [-0.25, -0.2) is 0 Å². The number of carbonyl (C=O) groups excluding carboxylic acids is 1. The Bertz CT molecular complexity index is 1310. The van der Waals surface area contributed by atoms with Crippen molar-refractivity contribution in [2.75, 3.05) is 13.2 Å². The second-order valence-corrected chi connectivity index (χ2v) is 24.5. The summed E-state index contributed by atoms with van der Waals surface area (Å²) in [7, 11) is -4.69. The molecule has 2 aromatic carbocycles. The van der Waals surface area contributed by atoms with Gasteiger partial charge in [0.25, 0.3) is 8.32 Å². The van der Waals surface area contributed by atoms with Crippen LogP contribution in [0.1, 0.15) is 74.7 Å². The van der Waals surface area contributed by atoms with Crippen molar-refractivity contribution in [3.8, 4) is 0 Å². The van der Waals surface area contributed by atoms with Gasteiger partial charge in [0.05, 0.1) is 0 Å². The van der Waals surface area contributed by atoms with E-state index in [1.165, 1.54) is 10.4 Å². The number of hydrogen-bond acceptors (Lipinski definition) is 4. The number of hydrogen-bond donors (Lipinski definition) is 1. The van der Waals surface area contributed by atoms with Gasteiger partial charge in [0.1, 0.15) is 6.10 Å². The van der Waals surface area contributed by atoms with E-state index in [1.807, 2.05) is 0 Å². The molecular formula is C38H56O4Si2. The van der Waals surface area contributed by atoms with Crippen molar-refractivity contribution in [1.82, 2.24) is 0 Å². The monoisotopic (exact) mass is 632 g/mol. The Balaban J connectivity index is 1.84. The lowest BCUT2D eigenvalue weighted by Gasteiger charge is -2.46. The van der Waals surface area contributed by atoms with Crippen LogP contribution in [0.25, 0.3) is 0 Å². The summed E-state index contributed by atoms with van der Waals surface area (Å²) in [6.07, 6.45) is 2.44. The first-order valence-electron chi connectivity index (χ1n) is 16.1. The van der Waals surface area contributed by atoms with E-state index >= 15 is 0 Å². The third-order valence-electron chi connectivity index (χ3n) is 10.3. The number of allylic oxidation sites excluding steroid dienone is 1. The maximum atomic E-state index is 12.8. The minimum absolute atomic E-state index is 0.0407. The largest absolute Gasteiger partial charge is 0.416 e. The van der Waals surface area contributed by atoms with Crippen LogP contribution in [-0.4, -0.2) is 46.8 Å². The predicted molar refractivity (Wildman–Crippen MR) is 190 cm³/mol. The van der Waals surface area contributed by atoms with Gasteiger partial charge in [-0.15, -0.1) is 5.73 Å². The number of rotatable bonds is 12. The predicted octanol–water partition coefficient (Wildman–Crippen LogP) is 7.98. The highest BCUT2D eigenvalue weighted by Gasteiger charge is 2.50. The van der Waals surface area contributed by atoms with Gasteiger partial charge in [-0.1, -0.05) is 123 Å². The van der Waals surface area contributed by atoms with Crippen LogP contribution in [0.5, 0.6) is 0 Å². The molecule has 44 heavy (non-hydrogen) atoms. The zero-order chi connectivity index (χ0) is 33.0. The van der Waals surface area contributed by atoms with Crippen molar-refractivity contribution >= 4 is 32.8 Å². The molecule has 0 radical (unpaired) electrons. The summed E-state index contributed by atoms with van der Waals surface area (Å²) in [4.78, 5) is 12.8. The van der Waals surface area contributed by atoms with E-state index in [4.69, 9.17) is 8.85 Å². The fourth-order valence-corrected chi connectivity index (χ4v) is 11.8. The number of aliphatic hydroxyl groups is 1. The first kappa shape index (κ1) is 36.2. The molecule has 0 heterocycles. The second kappa shape index (κ2) is 14.0. The van der Waals surface area contributed by atoms with E-state index in [2.05, 4.69) is 141 Å². The van der Waals surface area contributed by atoms with Gasteiger partial charge >= 0.3 is 0 Å². The SMILES string of the molecule is C=C=C(CCCO[Si](c1ccccc1)(c1ccccc1)C(C)(C)C)[C@H](O)C1=CC(=O)C[C@@H](C)[C@]1(C)CO[Si](C)(C)C(C)(C)C. The van der Waals surface area contributed by atoms with Gasteiger partial charge < -0.3 is 14.0 Å². The quantitative estimate of drug-likeness (QED) is 0.146. The molecule has 0 saturated carbocycles. The van der Waals surface area contributed by atoms with Crippen LogP contribution in [0, 0.1) is 11.3 Å². The maximum Gasteiger partial charge on any atom is 0.261 e. The zero-order valence-electron chi connectivity index (χ0n) is 28.9. The van der Waals surface area contributed by atoms with Gasteiger partial charge in [0, 0.05) is 30.6 Å². The highest BCUT2D eigenvalue weighted by molar-refractivity contribution is 6.99. The third kappa shape index (κ3) is 7.55. The summed E-state index contributed by atoms with van der Waals surface area (Å²) >= 11 is 0. The van der Waals surface area contributed by atoms with Crippen molar-refractivity contribution in [2.45, 2.75) is 104 Å². The average Bonchev–Trinajstić information content (AvgIpc) is 2.95. The Morgan fingerprint density at radius 2 is 1.50 bits per heavy atom. The van der Waals surface area contributed by atoms with Crippen LogP contribution in [0.2, 0.25) is 23.2 Å². The molecule has 0 aromatic heterocycles. The van der Waals surface area contributed by atoms with Crippen molar-refractivity contribution < 1.29 is 18.8 Å². The molecule has 4 nitrogen and oxygen atoms in total. The lowest BCUT2D eigenvalue weighted by atomic mass is 9.65. The normalized spacial score (nSPS) is 20.6. The summed E-state index contributed by atoms with van der Waals surface area (Å²) in [6, 6.07) is 21.3. The first-order valence-corrected chi connectivity index (χ1v) is 20.9. The molecule has 2 aromatic rings. The van der Waals surface area contributed by atoms with Gasteiger partial charge in [0.2, 0.25) is 0 Å². The van der Waals surface area contributed by atoms with Gasteiger partial charge in [-0.3, -0.25) is 4.79 Å². The molecule has 1 N–H and O–H groups in total. The van der Waals surface area contributed by atoms with Crippen LogP contribution < -0.4 is 10.4 Å². The lowest BCUT2D eigenvalue weighted by molar-refractivity contribution is -0.117. The smallest absolute Gasteiger partial charge is 0.261 e. The average molecular weight is 633 g/mol. The van der Waals surface area contributed by atoms with Crippen LogP contribution >= 0.6 is 0 Å². The van der Waals surface area contributed by atoms with Crippen LogP contribution in [0.4, 0.5) is 0 Å². The standard InChI is InChI=1S/C38H56O4Si2/c1-12-30(35(40)34-27-31(39)26-29(2)38(34,9)28-42-43(10,11)36(3,4)5)20-19-25-41-44(37(6,7)8,32-21-15-13-16-22-32)33-23-17-14-18-24-33/h13-18,21-24,27,29,35,40H,1,19-20,25-26,28H2,2-11H3/t29-,35+,38+/m1/s1. The Morgan fingerprint density at radius 1 is 0.977 bits per heavy atom. The molecule has 0 spiro atoms. The van der Waals surface area contributed by atoms with Crippen molar-refractivity contribution in [1.29, 1.82) is 0 Å². The summed E-state index contributed by atoms with van der Waals surface area (Å²) in [5.74, 6) is 0.0914. The van der Waals surface area contributed by atoms with Crippen LogP contribution in [0.3, 0.4) is 0 Å². The summed E-state index contributed by atoms with van der Waals surface area (Å²) in [6.45, 7) is 27.2. The summed E-state index contributed by atoms with van der Waals surface area (Å²) in [5.41, 5.74) is 3.99. The Hall–Kier alpha value is -2.32. The van der Waals surface area contributed by atoms with Crippen LogP contribution in [-0.2, 0) is 13.6 Å². The first-order chi connectivity index (χ1) is 20.4. The Morgan fingerprint density at radius 3 is 1.95 bits per heavy atom. The van der Waals surface area contributed by atoms with Crippen molar-refractivity contribution in [3.05, 3.63) is 90.2 Å². The topological polar surface area (TPSA) is 55.8 Å². The molecule has 1 aliphatic rings. The molecule has 3 rings (SSSR count). The lowest BCUT2D eigenvalue weighted by Crippen LogP contribution is -2.66. The number of carbonyl (C=O) groups is 1.